The smallest absolute Gasteiger partial charge is 0.369 e. The second kappa shape index (κ2) is 4.26. The van der Waals surface area contributed by atoms with Gasteiger partial charge in [-0.3, -0.25) is 4.57 Å². The molecule has 0 bridgehead atoms. The van der Waals surface area contributed by atoms with E-state index in [-0.39, 0.29) is 11.5 Å². The van der Waals surface area contributed by atoms with Crippen LogP contribution in [-0.2, 0) is 6.18 Å². The van der Waals surface area contributed by atoms with Crippen molar-refractivity contribution in [2.75, 3.05) is 5.73 Å². The number of aromatic nitrogens is 2. The van der Waals surface area contributed by atoms with E-state index in [2.05, 4.69) is 4.98 Å². The average Bonchev–Trinajstić information content (AvgIpc) is 2.73. The summed E-state index contributed by atoms with van der Waals surface area (Å²) in [5.74, 6) is 0.158. The minimum absolute atomic E-state index is 0.158. The van der Waals surface area contributed by atoms with E-state index in [4.69, 9.17) is 5.73 Å². The normalized spacial score (nSPS) is 11.9. The largest absolute Gasteiger partial charge is 0.416 e. The number of hydrogen-bond acceptors (Lipinski definition) is 2. The number of hydrogen-bond donors (Lipinski definition) is 1. The van der Waals surface area contributed by atoms with E-state index >= 15 is 0 Å². The molecule has 0 saturated carbocycles. The van der Waals surface area contributed by atoms with E-state index in [1.165, 1.54) is 6.07 Å². The lowest BCUT2D eigenvalue weighted by molar-refractivity contribution is -0.137. The maximum Gasteiger partial charge on any atom is 0.416 e. The number of fused-ring (bicyclic) bond motifs is 1. The highest BCUT2D eigenvalue weighted by atomic mass is 19.4. The molecule has 3 rings (SSSR count). The van der Waals surface area contributed by atoms with Gasteiger partial charge in [-0.1, -0.05) is 18.2 Å². The summed E-state index contributed by atoms with van der Waals surface area (Å²) in [6, 6.07) is 12.5. The summed E-state index contributed by atoms with van der Waals surface area (Å²) in [6.07, 6.45) is -4.39. The van der Waals surface area contributed by atoms with Crippen molar-refractivity contribution in [1.82, 2.24) is 9.55 Å². The fourth-order valence-electron chi connectivity index (χ4n) is 2.12. The maximum atomic E-state index is 12.7. The highest BCUT2D eigenvalue weighted by Gasteiger charge is 2.31. The molecule has 6 heteroatoms. The van der Waals surface area contributed by atoms with E-state index in [9.17, 15) is 13.2 Å². The number of halogens is 3. The molecule has 3 nitrogen and oxygen atoms in total. The van der Waals surface area contributed by atoms with E-state index in [1.54, 1.807) is 4.57 Å². The molecule has 0 radical (unpaired) electrons. The van der Waals surface area contributed by atoms with Gasteiger partial charge in [-0.2, -0.15) is 13.2 Å². The molecule has 1 aromatic heterocycles. The molecular formula is C14H10F3N3. The standard InChI is InChI=1S/C14H10F3N3/c15-14(16,17)9-6-7-12-11(8-9)19-13(18)20(12)10-4-2-1-3-5-10/h1-8H,(H2,18,19). The molecule has 0 fully saturated rings. The summed E-state index contributed by atoms with van der Waals surface area (Å²) >= 11 is 0. The second-order valence-corrected chi connectivity index (χ2v) is 4.34. The van der Waals surface area contributed by atoms with Gasteiger partial charge in [0.15, 0.2) is 0 Å². The third-order valence-corrected chi connectivity index (χ3v) is 3.02. The summed E-state index contributed by atoms with van der Waals surface area (Å²) in [5.41, 5.74) is 6.60. The van der Waals surface area contributed by atoms with Crippen molar-refractivity contribution in [2.24, 2.45) is 0 Å². The summed E-state index contributed by atoms with van der Waals surface area (Å²) < 4.78 is 39.7. The van der Waals surface area contributed by atoms with E-state index < -0.39 is 11.7 Å². The van der Waals surface area contributed by atoms with Crippen LogP contribution in [0, 0.1) is 0 Å². The topological polar surface area (TPSA) is 43.8 Å². The van der Waals surface area contributed by atoms with Gasteiger partial charge in [-0.15, -0.1) is 0 Å². The molecule has 0 spiro atoms. The van der Waals surface area contributed by atoms with E-state index in [1.807, 2.05) is 30.3 Å². The quantitative estimate of drug-likeness (QED) is 0.738. The molecule has 2 aromatic carbocycles. The Labute approximate surface area is 112 Å². The van der Waals surface area contributed by atoms with Crippen LogP contribution in [0.15, 0.2) is 48.5 Å². The van der Waals surface area contributed by atoms with Crippen molar-refractivity contribution in [3.05, 3.63) is 54.1 Å². The lowest BCUT2D eigenvalue weighted by Gasteiger charge is -2.08. The summed E-state index contributed by atoms with van der Waals surface area (Å²) in [7, 11) is 0. The summed E-state index contributed by atoms with van der Waals surface area (Å²) in [6.45, 7) is 0. The highest BCUT2D eigenvalue weighted by molar-refractivity contribution is 5.81. The van der Waals surface area contributed by atoms with Gasteiger partial charge in [0.25, 0.3) is 0 Å². The van der Waals surface area contributed by atoms with Crippen LogP contribution in [0.2, 0.25) is 0 Å². The molecule has 20 heavy (non-hydrogen) atoms. The molecule has 0 amide bonds. The van der Waals surface area contributed by atoms with Crippen LogP contribution in [0.25, 0.3) is 16.7 Å². The number of benzene rings is 2. The fraction of sp³-hybridized carbons (Fsp3) is 0.0714. The lowest BCUT2D eigenvalue weighted by atomic mass is 10.2. The minimum Gasteiger partial charge on any atom is -0.369 e. The van der Waals surface area contributed by atoms with E-state index in [0.717, 1.165) is 17.8 Å². The van der Waals surface area contributed by atoms with Gasteiger partial charge in [-0.05, 0) is 30.3 Å². The van der Waals surface area contributed by atoms with Crippen LogP contribution in [0.3, 0.4) is 0 Å². The molecule has 1 heterocycles. The van der Waals surface area contributed by atoms with Crippen molar-refractivity contribution in [1.29, 1.82) is 0 Å². The first-order valence-corrected chi connectivity index (χ1v) is 5.87. The third-order valence-electron chi connectivity index (χ3n) is 3.02. The molecule has 102 valence electrons. The first kappa shape index (κ1) is 12.5. The van der Waals surface area contributed by atoms with Crippen molar-refractivity contribution in [3.63, 3.8) is 0 Å². The van der Waals surface area contributed by atoms with Gasteiger partial charge in [-0.25, -0.2) is 4.98 Å². The number of rotatable bonds is 1. The molecule has 0 aliphatic carbocycles. The number of nitrogens with zero attached hydrogens (tertiary/aromatic N) is 2. The molecule has 0 atom stereocenters. The van der Waals surface area contributed by atoms with Crippen molar-refractivity contribution in [2.45, 2.75) is 6.18 Å². The number of para-hydroxylation sites is 1. The molecule has 0 aliphatic heterocycles. The highest BCUT2D eigenvalue weighted by Crippen LogP contribution is 2.32. The number of imidazole rings is 1. The Morgan fingerprint density at radius 2 is 1.70 bits per heavy atom. The molecule has 0 aliphatic rings. The van der Waals surface area contributed by atoms with Crippen molar-refractivity contribution >= 4 is 17.0 Å². The average molecular weight is 277 g/mol. The van der Waals surface area contributed by atoms with Crippen LogP contribution < -0.4 is 5.73 Å². The van der Waals surface area contributed by atoms with Gasteiger partial charge in [0.2, 0.25) is 5.95 Å². The summed E-state index contributed by atoms with van der Waals surface area (Å²) in [4.78, 5) is 4.00. The van der Waals surface area contributed by atoms with Crippen LogP contribution in [0.1, 0.15) is 5.56 Å². The Kier molecular flexibility index (Phi) is 2.67. The zero-order chi connectivity index (χ0) is 14.3. The summed E-state index contributed by atoms with van der Waals surface area (Å²) in [5, 5.41) is 0. The van der Waals surface area contributed by atoms with Crippen molar-refractivity contribution in [3.8, 4) is 5.69 Å². The molecule has 3 aromatic rings. The van der Waals surface area contributed by atoms with Crippen LogP contribution in [0.4, 0.5) is 19.1 Å². The predicted molar refractivity (Wildman–Crippen MR) is 70.5 cm³/mol. The molecule has 0 saturated heterocycles. The lowest BCUT2D eigenvalue weighted by Crippen LogP contribution is -2.04. The van der Waals surface area contributed by atoms with Crippen LogP contribution >= 0.6 is 0 Å². The Balaban J connectivity index is 2.23. The first-order chi connectivity index (χ1) is 9.47. The fourth-order valence-corrected chi connectivity index (χ4v) is 2.12. The van der Waals surface area contributed by atoms with Gasteiger partial charge in [0, 0.05) is 5.69 Å². The number of nitrogens with two attached hydrogens (primary N) is 1. The number of nitrogen functional groups attached to an aromatic ring is 1. The zero-order valence-electron chi connectivity index (χ0n) is 10.2. The number of alkyl halides is 3. The second-order valence-electron chi connectivity index (χ2n) is 4.34. The van der Waals surface area contributed by atoms with Gasteiger partial charge in [0.1, 0.15) is 0 Å². The van der Waals surface area contributed by atoms with Crippen LogP contribution in [-0.4, -0.2) is 9.55 Å². The van der Waals surface area contributed by atoms with Crippen molar-refractivity contribution < 1.29 is 13.2 Å². The van der Waals surface area contributed by atoms with Crippen LogP contribution in [0.5, 0.6) is 0 Å². The molecule has 0 unspecified atom stereocenters. The first-order valence-electron chi connectivity index (χ1n) is 5.87. The van der Waals surface area contributed by atoms with Gasteiger partial charge < -0.3 is 5.73 Å². The number of anilines is 1. The Bertz CT molecular complexity index is 760. The molecular weight excluding hydrogens is 267 g/mol. The Hall–Kier alpha value is -2.50. The molecule has 2 N–H and O–H groups in total. The van der Waals surface area contributed by atoms with Gasteiger partial charge >= 0.3 is 6.18 Å². The maximum absolute atomic E-state index is 12.7. The SMILES string of the molecule is Nc1nc2cc(C(F)(F)F)ccc2n1-c1ccccc1. The van der Waals surface area contributed by atoms with E-state index in [0.29, 0.717) is 5.52 Å². The Morgan fingerprint density at radius 1 is 1.00 bits per heavy atom. The zero-order valence-corrected chi connectivity index (χ0v) is 10.2. The Morgan fingerprint density at radius 3 is 2.35 bits per heavy atom. The minimum atomic E-state index is -4.39. The third kappa shape index (κ3) is 1.99. The monoisotopic (exact) mass is 277 g/mol. The predicted octanol–water partition coefficient (Wildman–Crippen LogP) is 3.63. The van der Waals surface area contributed by atoms with Gasteiger partial charge in [0.05, 0.1) is 16.6 Å².